The first kappa shape index (κ1) is 13.0. The molecule has 0 heterocycles. The van der Waals surface area contributed by atoms with Crippen LogP contribution in [0.4, 0.5) is 0 Å². The monoisotopic (exact) mass is 288 g/mol. The van der Waals surface area contributed by atoms with Crippen LogP contribution in [0.5, 0.6) is 0 Å². The van der Waals surface area contributed by atoms with Crippen LogP contribution in [-0.2, 0) is 0 Å². The molecule has 0 bridgehead atoms. The molecule has 3 nitrogen and oxygen atoms in total. The first-order valence-corrected chi connectivity index (χ1v) is 7.44. The predicted molar refractivity (Wildman–Crippen MR) is 91.5 cm³/mol. The molecule has 0 aliphatic rings. The largest absolute Gasteiger partial charge is 0.351 e. The lowest BCUT2D eigenvalue weighted by molar-refractivity contribution is 0.0955. The minimum absolute atomic E-state index is 0.0732. The fraction of sp³-hybridized carbons (Fsp3) is 0.105. The molecule has 108 valence electrons. The molecule has 4 aromatic rings. The van der Waals surface area contributed by atoms with Crippen LogP contribution >= 0.6 is 0 Å². The highest BCUT2D eigenvalue weighted by atomic mass is 16.1. The molecule has 4 rings (SSSR count). The van der Waals surface area contributed by atoms with Gasteiger partial charge >= 0.3 is 0 Å². The van der Waals surface area contributed by atoms with E-state index in [0.717, 1.165) is 10.8 Å². The molecule has 0 atom stereocenters. The van der Waals surface area contributed by atoms with Gasteiger partial charge in [-0.05, 0) is 44.5 Å². The van der Waals surface area contributed by atoms with E-state index in [2.05, 4.69) is 47.8 Å². The summed E-state index contributed by atoms with van der Waals surface area (Å²) in [5.74, 6) is -0.0732. The number of benzene rings is 4. The maximum Gasteiger partial charge on any atom is 0.251 e. The highest BCUT2D eigenvalue weighted by molar-refractivity contribution is 6.24. The van der Waals surface area contributed by atoms with Crippen molar-refractivity contribution in [3.8, 4) is 0 Å². The van der Waals surface area contributed by atoms with Crippen molar-refractivity contribution in [3.63, 3.8) is 0 Å². The van der Waals surface area contributed by atoms with Crippen LogP contribution in [-0.4, -0.2) is 19.0 Å². The summed E-state index contributed by atoms with van der Waals surface area (Å²) in [6.07, 6.45) is 0. The Bertz CT molecular complexity index is 927. The van der Waals surface area contributed by atoms with Gasteiger partial charge in [-0.1, -0.05) is 42.5 Å². The summed E-state index contributed by atoms with van der Waals surface area (Å²) in [7, 11) is 0. The van der Waals surface area contributed by atoms with E-state index in [4.69, 9.17) is 5.73 Å². The van der Waals surface area contributed by atoms with Crippen LogP contribution < -0.4 is 11.1 Å². The van der Waals surface area contributed by atoms with Crippen molar-refractivity contribution in [3.05, 3.63) is 60.2 Å². The topological polar surface area (TPSA) is 55.1 Å². The summed E-state index contributed by atoms with van der Waals surface area (Å²) in [6, 6.07) is 18.7. The number of nitrogens with one attached hydrogen (secondary N) is 1. The van der Waals surface area contributed by atoms with Crippen molar-refractivity contribution in [2.24, 2.45) is 5.73 Å². The summed E-state index contributed by atoms with van der Waals surface area (Å²) in [5.41, 5.74) is 6.13. The van der Waals surface area contributed by atoms with Crippen LogP contribution in [0.2, 0.25) is 0 Å². The van der Waals surface area contributed by atoms with Gasteiger partial charge in [0.05, 0.1) is 0 Å². The molecule has 3 heteroatoms. The minimum atomic E-state index is -0.0732. The van der Waals surface area contributed by atoms with Gasteiger partial charge in [0, 0.05) is 18.7 Å². The lowest BCUT2D eigenvalue weighted by Gasteiger charge is -2.12. The maximum atomic E-state index is 12.2. The Morgan fingerprint density at radius 2 is 1.41 bits per heavy atom. The van der Waals surface area contributed by atoms with E-state index >= 15 is 0 Å². The van der Waals surface area contributed by atoms with E-state index in [1.54, 1.807) is 0 Å². The van der Waals surface area contributed by atoms with E-state index in [0.29, 0.717) is 18.7 Å². The Labute approximate surface area is 128 Å². The van der Waals surface area contributed by atoms with Crippen LogP contribution in [0.15, 0.2) is 54.6 Å². The first-order valence-electron chi connectivity index (χ1n) is 7.44. The molecule has 0 spiro atoms. The Morgan fingerprint density at radius 3 is 2.00 bits per heavy atom. The number of nitrogens with two attached hydrogens (primary N) is 1. The van der Waals surface area contributed by atoms with E-state index < -0.39 is 0 Å². The predicted octanol–water partition coefficient (Wildman–Crippen LogP) is 3.27. The number of carbonyl (C=O) groups excluding carboxylic acids is 1. The van der Waals surface area contributed by atoms with Crippen molar-refractivity contribution in [1.29, 1.82) is 0 Å². The smallest absolute Gasteiger partial charge is 0.251 e. The SMILES string of the molecule is NCCNC(=O)c1cc2ccc3cccc4ccc(c1)c2c34. The maximum absolute atomic E-state index is 12.2. The van der Waals surface area contributed by atoms with Gasteiger partial charge < -0.3 is 11.1 Å². The number of amides is 1. The lowest BCUT2D eigenvalue weighted by Crippen LogP contribution is -2.28. The molecule has 3 N–H and O–H groups in total. The zero-order chi connectivity index (χ0) is 15.1. The molecule has 0 unspecified atom stereocenters. The summed E-state index contributed by atoms with van der Waals surface area (Å²) in [5, 5.41) is 9.99. The van der Waals surface area contributed by atoms with Crippen molar-refractivity contribution in [2.45, 2.75) is 0 Å². The van der Waals surface area contributed by atoms with Crippen LogP contribution in [0, 0.1) is 0 Å². The normalized spacial score (nSPS) is 11.5. The zero-order valence-electron chi connectivity index (χ0n) is 12.1. The van der Waals surface area contributed by atoms with Crippen LogP contribution in [0.25, 0.3) is 32.3 Å². The number of carbonyl (C=O) groups is 1. The van der Waals surface area contributed by atoms with Crippen molar-refractivity contribution < 1.29 is 4.79 Å². The lowest BCUT2D eigenvalue weighted by atomic mass is 9.93. The zero-order valence-corrected chi connectivity index (χ0v) is 12.1. The number of hydrogen-bond donors (Lipinski definition) is 2. The Kier molecular flexibility index (Phi) is 2.94. The average molecular weight is 288 g/mol. The van der Waals surface area contributed by atoms with Crippen LogP contribution in [0.1, 0.15) is 10.4 Å². The second-order valence-corrected chi connectivity index (χ2v) is 5.55. The summed E-state index contributed by atoms with van der Waals surface area (Å²) < 4.78 is 0. The third-order valence-corrected chi connectivity index (χ3v) is 4.16. The van der Waals surface area contributed by atoms with Gasteiger partial charge in [-0.2, -0.15) is 0 Å². The molecule has 4 aromatic carbocycles. The molecule has 0 aliphatic carbocycles. The average Bonchev–Trinajstić information content (AvgIpc) is 2.57. The molecule has 0 saturated heterocycles. The van der Waals surface area contributed by atoms with Gasteiger partial charge in [0.1, 0.15) is 0 Å². The summed E-state index contributed by atoms with van der Waals surface area (Å²) in [6.45, 7) is 0.935. The highest BCUT2D eigenvalue weighted by Gasteiger charge is 2.12. The second kappa shape index (κ2) is 4.97. The quantitative estimate of drug-likeness (QED) is 0.568. The fourth-order valence-electron chi connectivity index (χ4n) is 3.17. The Hall–Kier alpha value is -2.65. The van der Waals surface area contributed by atoms with Crippen LogP contribution in [0.3, 0.4) is 0 Å². The van der Waals surface area contributed by atoms with E-state index in [1.165, 1.54) is 21.5 Å². The molecule has 0 radical (unpaired) electrons. The van der Waals surface area contributed by atoms with Gasteiger partial charge in [0.2, 0.25) is 0 Å². The number of hydrogen-bond acceptors (Lipinski definition) is 2. The molecule has 0 aliphatic heterocycles. The molecule has 1 amide bonds. The van der Waals surface area contributed by atoms with E-state index in [1.807, 2.05) is 12.1 Å². The molecule has 0 aromatic heterocycles. The van der Waals surface area contributed by atoms with Crippen molar-refractivity contribution >= 4 is 38.2 Å². The van der Waals surface area contributed by atoms with Crippen molar-refractivity contribution in [2.75, 3.05) is 13.1 Å². The first-order chi connectivity index (χ1) is 10.8. The summed E-state index contributed by atoms with van der Waals surface area (Å²) >= 11 is 0. The van der Waals surface area contributed by atoms with Gasteiger partial charge in [-0.15, -0.1) is 0 Å². The molecule has 22 heavy (non-hydrogen) atoms. The fourth-order valence-corrected chi connectivity index (χ4v) is 3.17. The summed E-state index contributed by atoms with van der Waals surface area (Å²) in [4.78, 5) is 12.2. The highest BCUT2D eigenvalue weighted by Crippen LogP contribution is 2.34. The van der Waals surface area contributed by atoms with E-state index in [-0.39, 0.29) is 5.91 Å². The third-order valence-electron chi connectivity index (χ3n) is 4.16. The minimum Gasteiger partial charge on any atom is -0.351 e. The molecule has 0 saturated carbocycles. The molecule has 0 fully saturated rings. The standard InChI is InChI=1S/C19H16N2O/c20-8-9-21-19(22)16-10-14-6-4-12-2-1-3-13-5-7-15(11-16)18(14)17(12)13/h1-7,10-11H,8-9,20H2,(H,21,22). The molecular formula is C19H16N2O. The third kappa shape index (κ3) is 1.90. The number of rotatable bonds is 3. The van der Waals surface area contributed by atoms with Gasteiger partial charge in [-0.3, -0.25) is 4.79 Å². The Morgan fingerprint density at radius 1 is 0.864 bits per heavy atom. The van der Waals surface area contributed by atoms with Gasteiger partial charge in [0.15, 0.2) is 0 Å². The van der Waals surface area contributed by atoms with Gasteiger partial charge in [-0.25, -0.2) is 0 Å². The van der Waals surface area contributed by atoms with Gasteiger partial charge in [0.25, 0.3) is 5.91 Å². The van der Waals surface area contributed by atoms with E-state index in [9.17, 15) is 4.79 Å². The second-order valence-electron chi connectivity index (χ2n) is 5.55. The Balaban J connectivity index is 1.99. The molecular weight excluding hydrogens is 272 g/mol. The van der Waals surface area contributed by atoms with Crippen molar-refractivity contribution in [1.82, 2.24) is 5.32 Å².